The maximum absolute atomic E-state index is 12.2. The van der Waals surface area contributed by atoms with E-state index in [-0.39, 0.29) is 25.0 Å². The van der Waals surface area contributed by atoms with E-state index in [1.807, 2.05) is 57.2 Å². The molecule has 0 aliphatic carbocycles. The van der Waals surface area contributed by atoms with Crippen LogP contribution >= 0.6 is 0 Å². The molecule has 28 heavy (non-hydrogen) atoms. The number of carbonyl (C=O) groups excluding carboxylic acids is 2. The number of aryl methyl sites for hydroxylation is 3. The summed E-state index contributed by atoms with van der Waals surface area (Å²) in [6, 6.07) is 11.5. The third kappa shape index (κ3) is 6.09. The van der Waals surface area contributed by atoms with Crippen molar-refractivity contribution in [3.8, 4) is 5.75 Å². The molecule has 150 valence electrons. The van der Waals surface area contributed by atoms with Crippen molar-refractivity contribution in [3.05, 3.63) is 58.7 Å². The van der Waals surface area contributed by atoms with Gasteiger partial charge in [0.2, 0.25) is 11.8 Å². The fourth-order valence-corrected chi connectivity index (χ4v) is 2.93. The lowest BCUT2D eigenvalue weighted by Gasteiger charge is -2.15. The highest BCUT2D eigenvalue weighted by atomic mass is 16.5. The highest BCUT2D eigenvalue weighted by Crippen LogP contribution is 2.21. The Labute approximate surface area is 166 Å². The predicted octanol–water partition coefficient (Wildman–Crippen LogP) is 3.28. The highest BCUT2D eigenvalue weighted by molar-refractivity contribution is 5.96. The largest absolute Gasteiger partial charge is 0.497 e. The molecule has 0 aromatic heterocycles. The van der Waals surface area contributed by atoms with Gasteiger partial charge in [0, 0.05) is 5.69 Å². The first-order chi connectivity index (χ1) is 13.3. The van der Waals surface area contributed by atoms with Gasteiger partial charge in [0.1, 0.15) is 11.9 Å². The monoisotopic (exact) mass is 384 g/mol. The lowest BCUT2D eigenvalue weighted by Crippen LogP contribution is -2.39. The molecule has 1 atom stereocenters. The number of benzene rings is 2. The fourth-order valence-electron chi connectivity index (χ4n) is 2.93. The Hall–Kier alpha value is -2.86. The van der Waals surface area contributed by atoms with E-state index >= 15 is 0 Å². The average Bonchev–Trinajstić information content (AvgIpc) is 2.67. The van der Waals surface area contributed by atoms with E-state index in [4.69, 9.17) is 9.47 Å². The van der Waals surface area contributed by atoms with Gasteiger partial charge in [-0.25, -0.2) is 0 Å². The molecule has 0 radical (unpaired) electrons. The van der Waals surface area contributed by atoms with E-state index in [1.54, 1.807) is 14.0 Å². The molecule has 0 heterocycles. The SMILES string of the molecule is COc1cccc(COC(C)C(=O)NCC(=O)Nc2c(C)cc(C)cc2C)c1. The number of hydrogen-bond donors (Lipinski definition) is 2. The van der Waals surface area contributed by atoms with Crippen molar-refractivity contribution in [1.29, 1.82) is 0 Å². The van der Waals surface area contributed by atoms with Gasteiger partial charge >= 0.3 is 0 Å². The number of amides is 2. The smallest absolute Gasteiger partial charge is 0.249 e. The Balaban J connectivity index is 1.81. The molecule has 6 nitrogen and oxygen atoms in total. The molecule has 0 bridgehead atoms. The summed E-state index contributed by atoms with van der Waals surface area (Å²) in [5.41, 5.74) is 4.82. The molecular weight excluding hydrogens is 356 g/mol. The van der Waals surface area contributed by atoms with Gasteiger partial charge in [0.25, 0.3) is 0 Å². The van der Waals surface area contributed by atoms with Gasteiger partial charge < -0.3 is 20.1 Å². The summed E-state index contributed by atoms with van der Waals surface area (Å²) >= 11 is 0. The van der Waals surface area contributed by atoms with E-state index < -0.39 is 6.10 Å². The second-order valence-electron chi connectivity index (χ2n) is 6.84. The van der Waals surface area contributed by atoms with Crippen LogP contribution in [0, 0.1) is 20.8 Å². The van der Waals surface area contributed by atoms with Gasteiger partial charge in [0.15, 0.2) is 0 Å². The summed E-state index contributed by atoms with van der Waals surface area (Å²) < 4.78 is 10.8. The van der Waals surface area contributed by atoms with Gasteiger partial charge in [-0.2, -0.15) is 0 Å². The van der Waals surface area contributed by atoms with Gasteiger partial charge in [-0.15, -0.1) is 0 Å². The van der Waals surface area contributed by atoms with Crippen molar-refractivity contribution in [2.45, 2.75) is 40.4 Å². The average molecular weight is 384 g/mol. The zero-order chi connectivity index (χ0) is 20.7. The van der Waals surface area contributed by atoms with Crippen LogP contribution in [0.2, 0.25) is 0 Å². The maximum atomic E-state index is 12.2. The zero-order valence-electron chi connectivity index (χ0n) is 17.1. The van der Waals surface area contributed by atoms with Crippen molar-refractivity contribution in [3.63, 3.8) is 0 Å². The van der Waals surface area contributed by atoms with E-state index in [2.05, 4.69) is 10.6 Å². The first-order valence-corrected chi connectivity index (χ1v) is 9.20. The Morgan fingerprint density at radius 1 is 1.07 bits per heavy atom. The topological polar surface area (TPSA) is 76.7 Å². The molecule has 2 amide bonds. The standard InChI is InChI=1S/C22H28N2O4/c1-14-9-15(2)21(16(3)10-14)24-20(25)12-23-22(26)17(4)28-13-18-7-6-8-19(11-18)27-5/h6-11,17H,12-13H2,1-5H3,(H,23,26)(H,24,25). The molecule has 0 spiro atoms. The molecule has 2 N–H and O–H groups in total. The van der Waals surface area contributed by atoms with E-state index in [0.717, 1.165) is 33.7 Å². The summed E-state index contributed by atoms with van der Waals surface area (Å²) in [7, 11) is 1.60. The molecule has 1 unspecified atom stereocenters. The van der Waals surface area contributed by atoms with Gasteiger partial charge in [-0.3, -0.25) is 9.59 Å². The van der Waals surface area contributed by atoms with Crippen molar-refractivity contribution in [1.82, 2.24) is 5.32 Å². The molecule has 6 heteroatoms. The summed E-state index contributed by atoms with van der Waals surface area (Å²) in [6.45, 7) is 7.73. The third-order valence-corrected chi connectivity index (χ3v) is 4.37. The van der Waals surface area contributed by atoms with Gasteiger partial charge in [-0.05, 0) is 56.5 Å². The molecule has 0 saturated heterocycles. The van der Waals surface area contributed by atoms with Crippen molar-refractivity contribution >= 4 is 17.5 Å². The molecule has 0 fully saturated rings. The van der Waals surface area contributed by atoms with Crippen molar-refractivity contribution in [2.75, 3.05) is 19.0 Å². The second-order valence-corrected chi connectivity index (χ2v) is 6.84. The van der Waals surface area contributed by atoms with Crippen LogP contribution in [-0.4, -0.2) is 31.6 Å². The number of carbonyl (C=O) groups is 2. The number of methoxy groups -OCH3 is 1. The van der Waals surface area contributed by atoms with E-state index in [0.29, 0.717) is 0 Å². The Kier molecular flexibility index (Phi) is 7.58. The molecule has 2 rings (SSSR count). The van der Waals surface area contributed by atoms with Crippen LogP contribution in [0.25, 0.3) is 0 Å². The van der Waals surface area contributed by atoms with Crippen LogP contribution in [0.4, 0.5) is 5.69 Å². The van der Waals surface area contributed by atoms with Crippen LogP contribution in [-0.2, 0) is 20.9 Å². The Morgan fingerprint density at radius 2 is 1.75 bits per heavy atom. The van der Waals surface area contributed by atoms with Crippen LogP contribution in [0.3, 0.4) is 0 Å². The van der Waals surface area contributed by atoms with Crippen LogP contribution in [0.5, 0.6) is 5.75 Å². The highest BCUT2D eigenvalue weighted by Gasteiger charge is 2.15. The Morgan fingerprint density at radius 3 is 2.39 bits per heavy atom. The summed E-state index contributed by atoms with van der Waals surface area (Å²) in [5, 5.41) is 5.47. The van der Waals surface area contributed by atoms with Crippen LogP contribution in [0.1, 0.15) is 29.2 Å². The lowest BCUT2D eigenvalue weighted by molar-refractivity contribution is -0.133. The molecule has 0 aliphatic rings. The third-order valence-electron chi connectivity index (χ3n) is 4.37. The minimum Gasteiger partial charge on any atom is -0.497 e. The molecule has 2 aromatic carbocycles. The predicted molar refractivity (Wildman–Crippen MR) is 110 cm³/mol. The van der Waals surface area contributed by atoms with E-state index in [1.165, 1.54) is 0 Å². The second kappa shape index (κ2) is 9.90. The molecule has 0 saturated carbocycles. The minimum absolute atomic E-state index is 0.113. The minimum atomic E-state index is -0.679. The first kappa shape index (κ1) is 21.4. The van der Waals surface area contributed by atoms with Crippen LogP contribution in [0.15, 0.2) is 36.4 Å². The molecule has 0 aliphatic heterocycles. The number of ether oxygens (including phenoxy) is 2. The normalized spacial score (nSPS) is 11.6. The number of anilines is 1. The fraction of sp³-hybridized carbons (Fsp3) is 0.364. The van der Waals surface area contributed by atoms with E-state index in [9.17, 15) is 9.59 Å². The summed E-state index contributed by atoms with van der Waals surface area (Å²) in [6.07, 6.45) is -0.679. The molecule has 2 aromatic rings. The maximum Gasteiger partial charge on any atom is 0.249 e. The number of rotatable bonds is 8. The van der Waals surface area contributed by atoms with Gasteiger partial charge in [-0.1, -0.05) is 29.8 Å². The zero-order valence-corrected chi connectivity index (χ0v) is 17.1. The van der Waals surface area contributed by atoms with Crippen LogP contribution < -0.4 is 15.4 Å². The quantitative estimate of drug-likeness (QED) is 0.732. The number of hydrogen-bond acceptors (Lipinski definition) is 4. The van der Waals surface area contributed by atoms with Crippen molar-refractivity contribution in [2.24, 2.45) is 0 Å². The summed E-state index contributed by atoms with van der Waals surface area (Å²) in [4.78, 5) is 24.4. The first-order valence-electron chi connectivity index (χ1n) is 9.20. The Bertz CT molecular complexity index is 825. The van der Waals surface area contributed by atoms with Gasteiger partial charge in [0.05, 0.1) is 20.3 Å². The lowest BCUT2D eigenvalue weighted by atomic mass is 10.1. The van der Waals surface area contributed by atoms with Crippen molar-refractivity contribution < 1.29 is 19.1 Å². The summed E-state index contributed by atoms with van der Waals surface area (Å²) in [5.74, 6) is 0.121. The molecular formula is C22H28N2O4. The number of nitrogens with one attached hydrogen (secondary N) is 2.